The van der Waals surface area contributed by atoms with E-state index >= 15 is 0 Å². The summed E-state index contributed by atoms with van der Waals surface area (Å²) in [7, 11) is 0. The maximum absolute atomic E-state index is 12.8. The van der Waals surface area contributed by atoms with Gasteiger partial charge in [-0.15, -0.1) is 0 Å². The summed E-state index contributed by atoms with van der Waals surface area (Å²) in [6.45, 7) is 7.95. The van der Waals surface area contributed by atoms with Crippen molar-refractivity contribution in [2.75, 3.05) is 18.0 Å². The molecule has 3 nitrogen and oxygen atoms in total. The Hall–Kier alpha value is -1.04. The molecule has 118 valence electrons. The molecular formula is C14H19ClF3N3. The molecule has 0 N–H and O–H groups in total. The van der Waals surface area contributed by atoms with E-state index < -0.39 is 11.9 Å². The second-order valence-corrected chi connectivity index (χ2v) is 6.84. The fourth-order valence-corrected chi connectivity index (χ4v) is 2.87. The van der Waals surface area contributed by atoms with Crippen LogP contribution in [0, 0.1) is 11.3 Å². The van der Waals surface area contributed by atoms with Gasteiger partial charge in [0.25, 0.3) is 0 Å². The van der Waals surface area contributed by atoms with Crippen LogP contribution in [-0.4, -0.2) is 23.1 Å². The molecule has 2 rings (SSSR count). The maximum Gasteiger partial charge on any atom is 0.433 e. The normalized spacial score (nSPS) is 18.1. The quantitative estimate of drug-likeness (QED) is 0.717. The van der Waals surface area contributed by atoms with E-state index in [1.54, 1.807) is 0 Å². The van der Waals surface area contributed by atoms with Gasteiger partial charge < -0.3 is 4.90 Å². The van der Waals surface area contributed by atoms with Crippen molar-refractivity contribution in [1.82, 2.24) is 9.97 Å². The van der Waals surface area contributed by atoms with Gasteiger partial charge in [0.15, 0.2) is 5.69 Å². The molecule has 2 heterocycles. The summed E-state index contributed by atoms with van der Waals surface area (Å²) >= 11 is 5.63. The van der Waals surface area contributed by atoms with Gasteiger partial charge in [0.05, 0.1) is 0 Å². The smallest absolute Gasteiger partial charge is 0.356 e. The standard InChI is InChI=1S/C14H19ClF3N3/c1-13(2,3)9-4-6-21(7-5-9)11-8-10(14(16,17)18)19-12(15)20-11/h8-9H,4-7H2,1-3H3. The Morgan fingerprint density at radius 1 is 1.14 bits per heavy atom. The second kappa shape index (κ2) is 5.63. The van der Waals surface area contributed by atoms with E-state index in [4.69, 9.17) is 11.6 Å². The van der Waals surface area contributed by atoms with Gasteiger partial charge in [0.2, 0.25) is 5.28 Å². The molecule has 1 fully saturated rings. The summed E-state index contributed by atoms with van der Waals surface area (Å²) in [5, 5.41) is -0.363. The van der Waals surface area contributed by atoms with E-state index in [0.717, 1.165) is 18.9 Å². The second-order valence-electron chi connectivity index (χ2n) is 6.51. The first kappa shape index (κ1) is 16.3. The van der Waals surface area contributed by atoms with Crippen LogP contribution in [0.3, 0.4) is 0 Å². The average Bonchev–Trinajstić information content (AvgIpc) is 2.36. The zero-order chi connectivity index (χ0) is 15.8. The highest BCUT2D eigenvalue weighted by molar-refractivity contribution is 6.28. The molecular weight excluding hydrogens is 303 g/mol. The number of hydrogen-bond acceptors (Lipinski definition) is 3. The molecule has 1 aromatic heterocycles. The number of aromatic nitrogens is 2. The number of alkyl halides is 3. The van der Waals surface area contributed by atoms with Crippen molar-refractivity contribution in [3.05, 3.63) is 17.0 Å². The highest BCUT2D eigenvalue weighted by atomic mass is 35.5. The molecule has 0 saturated carbocycles. The molecule has 0 bridgehead atoms. The first-order chi connectivity index (χ1) is 9.57. The Morgan fingerprint density at radius 2 is 1.71 bits per heavy atom. The molecule has 0 spiro atoms. The summed E-state index contributed by atoms with van der Waals surface area (Å²) in [6.07, 6.45) is -2.63. The van der Waals surface area contributed by atoms with Crippen LogP contribution < -0.4 is 4.90 Å². The lowest BCUT2D eigenvalue weighted by atomic mass is 9.75. The van der Waals surface area contributed by atoms with Crippen molar-refractivity contribution >= 4 is 17.4 Å². The van der Waals surface area contributed by atoms with Crippen LogP contribution in [0.15, 0.2) is 6.07 Å². The fourth-order valence-electron chi connectivity index (χ4n) is 2.69. The van der Waals surface area contributed by atoms with Crippen molar-refractivity contribution in [2.24, 2.45) is 11.3 Å². The van der Waals surface area contributed by atoms with E-state index in [1.807, 2.05) is 4.90 Å². The molecule has 0 unspecified atom stereocenters. The summed E-state index contributed by atoms with van der Waals surface area (Å²) in [5.74, 6) is 0.822. The van der Waals surface area contributed by atoms with Crippen LogP contribution >= 0.6 is 11.6 Å². The van der Waals surface area contributed by atoms with Crippen molar-refractivity contribution < 1.29 is 13.2 Å². The zero-order valence-electron chi connectivity index (χ0n) is 12.3. The topological polar surface area (TPSA) is 29.0 Å². The van der Waals surface area contributed by atoms with Crippen LogP contribution in [0.5, 0.6) is 0 Å². The highest BCUT2D eigenvalue weighted by Gasteiger charge is 2.35. The molecule has 0 amide bonds. The Balaban J connectivity index is 2.16. The van der Waals surface area contributed by atoms with Crippen molar-refractivity contribution in [1.29, 1.82) is 0 Å². The number of piperidine rings is 1. The molecule has 0 radical (unpaired) electrons. The Kier molecular flexibility index (Phi) is 4.38. The first-order valence-corrected chi connectivity index (χ1v) is 7.32. The van der Waals surface area contributed by atoms with Gasteiger partial charge in [-0.1, -0.05) is 20.8 Å². The van der Waals surface area contributed by atoms with E-state index in [2.05, 4.69) is 30.7 Å². The van der Waals surface area contributed by atoms with Crippen molar-refractivity contribution in [3.8, 4) is 0 Å². The number of nitrogens with zero attached hydrogens (tertiary/aromatic N) is 3. The maximum atomic E-state index is 12.8. The summed E-state index contributed by atoms with van der Waals surface area (Å²) in [6, 6.07) is 0.975. The fraction of sp³-hybridized carbons (Fsp3) is 0.714. The third kappa shape index (κ3) is 3.99. The lowest BCUT2D eigenvalue weighted by Crippen LogP contribution is -2.38. The minimum Gasteiger partial charge on any atom is -0.356 e. The number of halogens is 4. The Bertz CT molecular complexity index is 503. The first-order valence-electron chi connectivity index (χ1n) is 6.94. The summed E-state index contributed by atoms with van der Waals surface area (Å²) < 4.78 is 38.3. The number of rotatable bonds is 1. The van der Waals surface area contributed by atoms with Gasteiger partial charge in [-0.2, -0.15) is 13.2 Å². The van der Waals surface area contributed by atoms with Crippen LogP contribution in [-0.2, 0) is 6.18 Å². The highest BCUT2D eigenvalue weighted by Crippen LogP contribution is 2.36. The molecule has 1 aliphatic heterocycles. The molecule has 1 aromatic rings. The van der Waals surface area contributed by atoms with Crippen LogP contribution in [0.1, 0.15) is 39.3 Å². The van der Waals surface area contributed by atoms with Gasteiger partial charge in [-0.3, -0.25) is 0 Å². The molecule has 0 atom stereocenters. The zero-order valence-corrected chi connectivity index (χ0v) is 13.1. The SMILES string of the molecule is CC(C)(C)C1CCN(c2cc(C(F)(F)F)nc(Cl)n2)CC1. The van der Waals surface area contributed by atoms with Gasteiger partial charge in [0, 0.05) is 19.2 Å². The minimum absolute atomic E-state index is 0.215. The molecule has 0 aliphatic carbocycles. The van der Waals surface area contributed by atoms with Gasteiger partial charge in [0.1, 0.15) is 5.82 Å². The van der Waals surface area contributed by atoms with E-state index in [0.29, 0.717) is 19.0 Å². The van der Waals surface area contributed by atoms with E-state index in [-0.39, 0.29) is 16.5 Å². The third-order valence-electron chi connectivity index (χ3n) is 4.02. The third-order valence-corrected chi connectivity index (χ3v) is 4.19. The Labute approximate surface area is 127 Å². The number of hydrogen-bond donors (Lipinski definition) is 0. The molecule has 7 heteroatoms. The van der Waals surface area contributed by atoms with Gasteiger partial charge in [-0.05, 0) is 35.8 Å². The molecule has 1 aliphatic rings. The van der Waals surface area contributed by atoms with Crippen LogP contribution in [0.4, 0.5) is 19.0 Å². The lowest BCUT2D eigenvalue weighted by molar-refractivity contribution is -0.141. The summed E-state index contributed by atoms with van der Waals surface area (Å²) in [5.41, 5.74) is -0.776. The predicted octanol–water partition coefficient (Wildman–Crippen LogP) is 4.41. The summed E-state index contributed by atoms with van der Waals surface area (Å²) in [4.78, 5) is 9.05. The minimum atomic E-state index is -4.51. The van der Waals surface area contributed by atoms with Crippen LogP contribution in [0.25, 0.3) is 0 Å². The van der Waals surface area contributed by atoms with E-state index in [9.17, 15) is 13.2 Å². The molecule has 0 aromatic carbocycles. The largest absolute Gasteiger partial charge is 0.433 e. The predicted molar refractivity (Wildman–Crippen MR) is 76.4 cm³/mol. The lowest BCUT2D eigenvalue weighted by Gasteiger charge is -2.39. The number of anilines is 1. The van der Waals surface area contributed by atoms with Crippen LogP contribution in [0.2, 0.25) is 5.28 Å². The Morgan fingerprint density at radius 3 is 2.19 bits per heavy atom. The van der Waals surface area contributed by atoms with Gasteiger partial charge >= 0.3 is 6.18 Å². The van der Waals surface area contributed by atoms with Crippen molar-refractivity contribution in [3.63, 3.8) is 0 Å². The van der Waals surface area contributed by atoms with Gasteiger partial charge in [-0.25, -0.2) is 9.97 Å². The average molecular weight is 322 g/mol. The molecule has 1 saturated heterocycles. The van der Waals surface area contributed by atoms with Crippen molar-refractivity contribution in [2.45, 2.75) is 39.8 Å². The van der Waals surface area contributed by atoms with E-state index in [1.165, 1.54) is 0 Å². The molecule has 21 heavy (non-hydrogen) atoms. The monoisotopic (exact) mass is 321 g/mol.